The molecular weight excluding hydrogens is 386 g/mol. The van der Waals surface area contributed by atoms with E-state index in [2.05, 4.69) is 20.5 Å². The van der Waals surface area contributed by atoms with E-state index in [1.54, 1.807) is 13.0 Å². The number of hydrogen-bond acceptors (Lipinski definition) is 7. The highest BCUT2D eigenvalue weighted by molar-refractivity contribution is 7.13. The second kappa shape index (κ2) is 8.57. The van der Waals surface area contributed by atoms with Gasteiger partial charge in [0.25, 0.3) is 0 Å². The summed E-state index contributed by atoms with van der Waals surface area (Å²) in [6.07, 6.45) is 1.70. The molecule has 0 saturated carbocycles. The lowest BCUT2D eigenvalue weighted by molar-refractivity contribution is -0.138. The summed E-state index contributed by atoms with van der Waals surface area (Å²) in [6.45, 7) is 1.79. The predicted molar refractivity (Wildman–Crippen MR) is 111 cm³/mol. The van der Waals surface area contributed by atoms with Crippen LogP contribution >= 0.6 is 11.3 Å². The molecule has 0 N–H and O–H groups in total. The minimum absolute atomic E-state index is 0.0650. The molecular formula is C21H17N5O2S. The molecule has 2 aromatic carbocycles. The number of carbonyl (C=O) groups excluding carboxylic acids is 1. The zero-order valence-electron chi connectivity index (χ0n) is 15.6. The Kier molecular flexibility index (Phi) is 5.53. The molecule has 0 amide bonds. The van der Waals surface area contributed by atoms with Crippen molar-refractivity contribution in [3.05, 3.63) is 83.1 Å². The molecule has 8 heteroatoms. The van der Waals surface area contributed by atoms with E-state index < -0.39 is 5.97 Å². The largest absolute Gasteiger partial charge is 0.454 e. The third kappa shape index (κ3) is 4.44. The third-order valence-electron chi connectivity index (χ3n) is 4.09. The number of thiazole rings is 1. The quantitative estimate of drug-likeness (QED) is 0.359. The summed E-state index contributed by atoms with van der Waals surface area (Å²) in [6, 6.07) is 19.3. The van der Waals surface area contributed by atoms with Gasteiger partial charge in [0.15, 0.2) is 11.5 Å². The highest BCUT2D eigenvalue weighted by Crippen LogP contribution is 2.24. The van der Waals surface area contributed by atoms with Crippen LogP contribution in [0.5, 0.6) is 0 Å². The molecule has 0 aliphatic heterocycles. The number of rotatable bonds is 6. The van der Waals surface area contributed by atoms with Gasteiger partial charge in [-0.3, -0.25) is 0 Å². The molecule has 7 nitrogen and oxygen atoms in total. The molecule has 2 aromatic heterocycles. The molecule has 0 unspecified atom stereocenters. The van der Waals surface area contributed by atoms with E-state index in [1.165, 1.54) is 16.0 Å². The standard InChI is InChI=1S/C21H17N5O2S/c1-15-23-24-25-26(15)19(12-16-8-4-2-5-9-16)21(27)28-13-18-14-29-20(22-18)17-10-6-3-7-11-17/h2-12,14H,13H2,1H3/b19-12-. The van der Waals surface area contributed by atoms with Gasteiger partial charge in [0.05, 0.1) is 5.69 Å². The van der Waals surface area contributed by atoms with Gasteiger partial charge in [0.1, 0.15) is 11.6 Å². The van der Waals surface area contributed by atoms with Gasteiger partial charge in [0.2, 0.25) is 0 Å². The Morgan fingerprint density at radius 3 is 2.52 bits per heavy atom. The monoisotopic (exact) mass is 403 g/mol. The van der Waals surface area contributed by atoms with Gasteiger partial charge in [-0.05, 0) is 29.0 Å². The maximum atomic E-state index is 12.8. The Morgan fingerprint density at radius 2 is 1.83 bits per heavy atom. The van der Waals surface area contributed by atoms with E-state index in [9.17, 15) is 4.79 Å². The zero-order valence-corrected chi connectivity index (χ0v) is 16.4. The second-order valence-electron chi connectivity index (χ2n) is 6.16. The lowest BCUT2D eigenvalue weighted by Gasteiger charge is -2.08. The first-order chi connectivity index (χ1) is 14.2. The molecule has 144 valence electrons. The topological polar surface area (TPSA) is 82.8 Å². The van der Waals surface area contributed by atoms with Crippen molar-refractivity contribution in [2.75, 3.05) is 0 Å². The number of esters is 1. The Hall–Kier alpha value is -3.65. The van der Waals surface area contributed by atoms with E-state index in [1.807, 2.05) is 66.0 Å². The number of ether oxygens (including phenoxy) is 1. The van der Waals surface area contributed by atoms with Crippen LogP contribution in [-0.2, 0) is 16.1 Å². The SMILES string of the molecule is Cc1nnnn1/C(=C\c1ccccc1)C(=O)OCc1csc(-c2ccccc2)n1. The number of carbonyl (C=O) groups is 1. The Bertz CT molecular complexity index is 1140. The first-order valence-corrected chi connectivity index (χ1v) is 9.78. The van der Waals surface area contributed by atoms with E-state index in [4.69, 9.17) is 4.74 Å². The van der Waals surface area contributed by atoms with Crippen molar-refractivity contribution in [2.45, 2.75) is 13.5 Å². The van der Waals surface area contributed by atoms with Crippen molar-refractivity contribution >= 4 is 29.1 Å². The van der Waals surface area contributed by atoms with Gasteiger partial charge in [-0.25, -0.2) is 9.78 Å². The lowest BCUT2D eigenvalue weighted by atomic mass is 10.2. The van der Waals surface area contributed by atoms with Crippen molar-refractivity contribution in [1.82, 2.24) is 25.2 Å². The number of tetrazole rings is 1. The van der Waals surface area contributed by atoms with Gasteiger partial charge in [-0.2, -0.15) is 4.68 Å². The van der Waals surface area contributed by atoms with Crippen molar-refractivity contribution < 1.29 is 9.53 Å². The normalized spacial score (nSPS) is 11.4. The third-order valence-corrected chi connectivity index (χ3v) is 5.03. The molecule has 0 atom stereocenters. The van der Waals surface area contributed by atoms with E-state index >= 15 is 0 Å². The first-order valence-electron chi connectivity index (χ1n) is 8.90. The van der Waals surface area contributed by atoms with Gasteiger partial charge in [-0.15, -0.1) is 16.4 Å². The zero-order chi connectivity index (χ0) is 20.1. The summed E-state index contributed by atoms with van der Waals surface area (Å²) in [5.74, 6) is -0.0392. The average Bonchev–Trinajstić information content (AvgIpc) is 3.41. The van der Waals surface area contributed by atoms with Crippen molar-refractivity contribution in [3.8, 4) is 10.6 Å². The minimum Gasteiger partial charge on any atom is -0.454 e. The van der Waals surface area contributed by atoms with Gasteiger partial charge < -0.3 is 4.74 Å². The van der Waals surface area contributed by atoms with Crippen molar-refractivity contribution in [2.24, 2.45) is 0 Å². The van der Waals surface area contributed by atoms with Crippen LogP contribution in [0.3, 0.4) is 0 Å². The van der Waals surface area contributed by atoms with Crippen molar-refractivity contribution in [1.29, 1.82) is 0 Å². The molecule has 4 rings (SSSR count). The molecule has 0 radical (unpaired) electrons. The van der Waals surface area contributed by atoms with Crippen LogP contribution in [0.15, 0.2) is 66.0 Å². The Morgan fingerprint density at radius 1 is 1.10 bits per heavy atom. The molecule has 29 heavy (non-hydrogen) atoms. The highest BCUT2D eigenvalue weighted by Gasteiger charge is 2.18. The molecule has 0 aliphatic rings. The fourth-order valence-electron chi connectivity index (χ4n) is 2.67. The smallest absolute Gasteiger partial charge is 0.357 e. The predicted octanol–water partition coefficient (Wildman–Crippen LogP) is 3.85. The van der Waals surface area contributed by atoms with Crippen LogP contribution in [0.2, 0.25) is 0 Å². The van der Waals surface area contributed by atoms with Crippen LogP contribution in [0.4, 0.5) is 0 Å². The molecule has 4 aromatic rings. The average molecular weight is 403 g/mol. The molecule has 0 fully saturated rings. The second-order valence-corrected chi connectivity index (χ2v) is 7.02. The maximum Gasteiger partial charge on any atom is 0.357 e. The molecule has 0 saturated heterocycles. The first kappa shape index (κ1) is 18.7. The van der Waals surface area contributed by atoms with Crippen LogP contribution in [0, 0.1) is 6.92 Å². The molecule has 2 heterocycles. The van der Waals surface area contributed by atoms with Crippen LogP contribution in [0.25, 0.3) is 22.3 Å². The van der Waals surface area contributed by atoms with Crippen LogP contribution in [0.1, 0.15) is 17.1 Å². The van der Waals surface area contributed by atoms with Crippen LogP contribution < -0.4 is 0 Å². The molecule has 0 spiro atoms. The van der Waals surface area contributed by atoms with Crippen LogP contribution in [-0.4, -0.2) is 31.2 Å². The number of aromatic nitrogens is 5. The number of aryl methyl sites for hydroxylation is 1. The van der Waals surface area contributed by atoms with E-state index in [0.717, 1.165) is 16.1 Å². The summed E-state index contributed by atoms with van der Waals surface area (Å²) in [5.41, 5.74) is 2.80. The Labute approximate surface area is 171 Å². The minimum atomic E-state index is -0.529. The van der Waals surface area contributed by atoms with E-state index in [0.29, 0.717) is 11.5 Å². The summed E-state index contributed by atoms with van der Waals surface area (Å²) in [7, 11) is 0. The fourth-order valence-corrected chi connectivity index (χ4v) is 3.48. The molecule has 0 bridgehead atoms. The fraction of sp³-hybridized carbons (Fsp3) is 0.0952. The maximum absolute atomic E-state index is 12.8. The van der Waals surface area contributed by atoms with Gasteiger partial charge >= 0.3 is 5.97 Å². The van der Waals surface area contributed by atoms with E-state index in [-0.39, 0.29) is 12.3 Å². The van der Waals surface area contributed by atoms with Crippen molar-refractivity contribution in [3.63, 3.8) is 0 Å². The van der Waals surface area contributed by atoms with Gasteiger partial charge in [0, 0.05) is 10.9 Å². The summed E-state index contributed by atoms with van der Waals surface area (Å²) < 4.78 is 6.88. The summed E-state index contributed by atoms with van der Waals surface area (Å²) >= 11 is 1.51. The lowest BCUT2D eigenvalue weighted by Crippen LogP contribution is -2.15. The van der Waals surface area contributed by atoms with Gasteiger partial charge in [-0.1, -0.05) is 60.7 Å². The number of benzene rings is 2. The Balaban J connectivity index is 1.53. The number of nitrogens with zero attached hydrogens (tertiary/aromatic N) is 5. The number of hydrogen-bond donors (Lipinski definition) is 0. The summed E-state index contributed by atoms with van der Waals surface area (Å²) in [5, 5.41) is 14.2. The summed E-state index contributed by atoms with van der Waals surface area (Å²) in [4.78, 5) is 17.4. The molecule has 0 aliphatic carbocycles. The highest BCUT2D eigenvalue weighted by atomic mass is 32.1.